The summed E-state index contributed by atoms with van der Waals surface area (Å²) >= 11 is 0. The lowest BCUT2D eigenvalue weighted by atomic mass is 9.72. The van der Waals surface area contributed by atoms with Crippen molar-refractivity contribution >= 4 is 17.2 Å². The first-order valence-corrected chi connectivity index (χ1v) is 14.3. The molecule has 0 fully saturated rings. The molecule has 7 heterocycles. The van der Waals surface area contributed by atoms with Crippen LogP contribution in [0.25, 0.3) is 27.9 Å². The summed E-state index contributed by atoms with van der Waals surface area (Å²) in [5.74, 6) is 3.04. The Bertz CT molecular complexity index is 2240. The van der Waals surface area contributed by atoms with Crippen LogP contribution in [-0.4, -0.2) is 4.68 Å². The molecule has 41 heavy (non-hydrogen) atoms. The van der Waals surface area contributed by atoms with Gasteiger partial charge in [-0.3, -0.25) is 0 Å². The number of para-hydroxylation sites is 1. The maximum absolute atomic E-state index is 6.83. The zero-order valence-corrected chi connectivity index (χ0v) is 22.6. The van der Waals surface area contributed by atoms with E-state index in [0.29, 0.717) is 0 Å². The third kappa shape index (κ3) is 1.95. The zero-order valence-electron chi connectivity index (χ0n) is 22.6. The molecule has 1 atom stereocenters. The first-order chi connectivity index (χ1) is 20.1. The number of benzene rings is 4. The van der Waals surface area contributed by atoms with Gasteiger partial charge in [-0.25, -0.2) is 0 Å². The second-order valence-electron chi connectivity index (χ2n) is 12.3. The van der Waals surface area contributed by atoms with E-state index in [0.717, 1.165) is 17.2 Å². The van der Waals surface area contributed by atoms with E-state index in [9.17, 15) is 0 Å². The molecule has 5 heteroatoms. The van der Waals surface area contributed by atoms with Crippen molar-refractivity contribution in [3.63, 3.8) is 0 Å². The van der Waals surface area contributed by atoms with Crippen LogP contribution in [-0.2, 0) is 11.1 Å². The summed E-state index contributed by atoms with van der Waals surface area (Å²) in [6, 6.07) is 33.4. The van der Waals surface area contributed by atoms with Gasteiger partial charge in [-0.2, -0.15) is 9.47 Å². The molecule has 1 spiro atoms. The average molecular weight is 529 g/mol. The zero-order chi connectivity index (χ0) is 26.8. The number of hydrogen-bond acceptors (Lipinski definition) is 2. The minimum Gasteiger partial charge on any atom is -0.456 e. The molecular weight excluding hydrogens is 504 g/mol. The molecule has 192 valence electrons. The first-order valence-electron chi connectivity index (χ1n) is 14.3. The summed E-state index contributed by atoms with van der Waals surface area (Å²) in [6.07, 6.45) is 6.67. The molecule has 6 aromatic rings. The van der Waals surface area contributed by atoms with E-state index in [1.54, 1.807) is 0 Å². The van der Waals surface area contributed by atoms with Crippen molar-refractivity contribution in [2.45, 2.75) is 24.9 Å². The molecule has 5 nitrogen and oxygen atoms in total. The fourth-order valence-corrected chi connectivity index (χ4v) is 8.62. The number of ether oxygens (including phenoxy) is 1. The lowest BCUT2D eigenvalue weighted by molar-refractivity contribution is -0.991. The van der Waals surface area contributed by atoms with Gasteiger partial charge in [0.15, 0.2) is 11.3 Å². The van der Waals surface area contributed by atoms with Crippen LogP contribution in [0.5, 0.6) is 11.5 Å². The highest BCUT2D eigenvalue weighted by Crippen LogP contribution is 2.65. The molecule has 0 bridgehead atoms. The largest absolute Gasteiger partial charge is 0.456 e. The molecule has 2 aromatic heterocycles. The lowest BCUT2D eigenvalue weighted by Crippen LogP contribution is -2.77. The van der Waals surface area contributed by atoms with Crippen molar-refractivity contribution in [3.8, 4) is 39.4 Å². The highest BCUT2D eigenvalue weighted by atomic mass is 16.5. The van der Waals surface area contributed by atoms with Gasteiger partial charge in [0.1, 0.15) is 28.4 Å². The number of nitrogens with zero attached hydrogens (tertiary/aromatic N) is 4. The normalized spacial score (nSPS) is 19.4. The van der Waals surface area contributed by atoms with Crippen molar-refractivity contribution in [3.05, 3.63) is 132 Å². The van der Waals surface area contributed by atoms with E-state index in [4.69, 9.17) is 4.74 Å². The summed E-state index contributed by atoms with van der Waals surface area (Å²) in [5, 5.41) is 0. The quantitative estimate of drug-likeness (QED) is 0.201. The van der Waals surface area contributed by atoms with Crippen molar-refractivity contribution in [1.82, 2.24) is 4.68 Å². The van der Waals surface area contributed by atoms with E-state index in [1.165, 1.54) is 61.7 Å². The fourth-order valence-electron chi connectivity index (χ4n) is 8.62. The Labute approximate surface area is 236 Å². The maximum Gasteiger partial charge on any atom is 0.397 e. The highest BCUT2D eigenvalue weighted by Gasteiger charge is 2.71. The topological polar surface area (TPSA) is 25.2 Å². The third-order valence-corrected chi connectivity index (χ3v) is 10.2. The fraction of sp³-hybridized carbons (Fsp3) is 0.111. The van der Waals surface area contributed by atoms with Crippen molar-refractivity contribution in [1.29, 1.82) is 0 Å². The predicted molar refractivity (Wildman–Crippen MR) is 155 cm³/mol. The van der Waals surface area contributed by atoms with E-state index in [2.05, 4.69) is 142 Å². The molecule has 5 aliphatic heterocycles. The molecule has 0 saturated heterocycles. The number of rotatable bonds is 0. The van der Waals surface area contributed by atoms with E-state index in [1.807, 2.05) is 0 Å². The Balaban J connectivity index is 1.46. The minimum absolute atomic E-state index is 0.204. The van der Waals surface area contributed by atoms with Crippen molar-refractivity contribution in [2.24, 2.45) is 0 Å². The molecular formula is C36H24N4O+2. The average Bonchev–Trinajstić information content (AvgIpc) is 3.56. The van der Waals surface area contributed by atoms with Crippen molar-refractivity contribution in [2.75, 3.05) is 4.90 Å². The molecule has 11 rings (SSSR count). The van der Waals surface area contributed by atoms with Gasteiger partial charge in [0, 0.05) is 28.2 Å². The van der Waals surface area contributed by atoms with Crippen LogP contribution in [0.15, 0.2) is 110 Å². The summed E-state index contributed by atoms with van der Waals surface area (Å²) in [5.41, 5.74) is 12.9. The second kappa shape index (κ2) is 6.26. The SMILES string of the molecule is CC1(C)c2cccc3c2N2c4c(ccc5c4C4(c6c(cccc6-n6ccc[n+]64)O5)[n+]4cccc1c42)-c1ccccc1-3. The lowest BCUT2D eigenvalue weighted by Gasteiger charge is -2.43. The number of aromatic nitrogens is 3. The van der Waals surface area contributed by atoms with Gasteiger partial charge in [0.05, 0.1) is 18.0 Å². The Morgan fingerprint density at radius 1 is 0.634 bits per heavy atom. The Morgan fingerprint density at radius 3 is 2.27 bits per heavy atom. The molecule has 0 amide bonds. The standard InChI is InChI=1S/C36H24N4O/c1-35(2)25-12-5-11-23-21-9-3-4-10-22(21)24-16-17-29-31-33(24)40(32(23)25)34-26(35)13-7-18-37(34)36(31)30-27(14-6-15-28(30)41-29)38-19-8-20-39(36)38/h3-20H,1-2H3/q+2. The Kier molecular flexibility index (Phi) is 3.16. The van der Waals surface area contributed by atoms with Gasteiger partial charge < -0.3 is 4.74 Å². The Morgan fingerprint density at radius 2 is 1.39 bits per heavy atom. The first kappa shape index (κ1) is 20.7. The molecule has 5 aliphatic rings. The number of pyridine rings is 1. The maximum atomic E-state index is 6.83. The Hall–Kier alpha value is -5.16. The van der Waals surface area contributed by atoms with E-state index >= 15 is 0 Å². The van der Waals surface area contributed by atoms with Gasteiger partial charge in [0.2, 0.25) is 6.20 Å². The number of anilines is 3. The van der Waals surface area contributed by atoms with Crippen LogP contribution in [0.4, 0.5) is 17.2 Å². The van der Waals surface area contributed by atoms with Gasteiger partial charge in [-0.15, -0.1) is 4.68 Å². The number of hydrogen-bond donors (Lipinski definition) is 0. The highest BCUT2D eigenvalue weighted by molar-refractivity contribution is 6.06. The number of fused-ring (bicyclic) bond motifs is 5. The van der Waals surface area contributed by atoms with Gasteiger partial charge in [-0.1, -0.05) is 67.1 Å². The van der Waals surface area contributed by atoms with Crippen LogP contribution in [0.2, 0.25) is 0 Å². The summed E-state index contributed by atoms with van der Waals surface area (Å²) < 4.78 is 14.1. The van der Waals surface area contributed by atoms with E-state index in [-0.39, 0.29) is 5.41 Å². The second-order valence-corrected chi connectivity index (χ2v) is 12.3. The molecule has 0 saturated carbocycles. The van der Waals surface area contributed by atoms with Crippen LogP contribution < -0.4 is 18.9 Å². The van der Waals surface area contributed by atoms with Crippen LogP contribution in [0.1, 0.15) is 36.1 Å². The van der Waals surface area contributed by atoms with Crippen LogP contribution in [0.3, 0.4) is 0 Å². The van der Waals surface area contributed by atoms with Gasteiger partial charge in [-0.05, 0) is 47.5 Å². The molecule has 0 aliphatic carbocycles. The summed E-state index contributed by atoms with van der Waals surface area (Å²) in [4.78, 5) is 2.56. The van der Waals surface area contributed by atoms with E-state index < -0.39 is 5.66 Å². The summed E-state index contributed by atoms with van der Waals surface area (Å²) in [7, 11) is 0. The van der Waals surface area contributed by atoms with Crippen molar-refractivity contribution < 1.29 is 14.0 Å². The molecule has 0 radical (unpaired) electrons. The van der Waals surface area contributed by atoms with Gasteiger partial charge in [0.25, 0.3) is 5.82 Å². The van der Waals surface area contributed by atoms with Gasteiger partial charge >= 0.3 is 5.66 Å². The summed E-state index contributed by atoms with van der Waals surface area (Å²) in [6.45, 7) is 4.76. The molecule has 0 N–H and O–H groups in total. The molecule has 1 unspecified atom stereocenters. The predicted octanol–water partition coefficient (Wildman–Crippen LogP) is 6.84. The third-order valence-electron chi connectivity index (χ3n) is 10.2. The minimum atomic E-state index is -0.641. The molecule has 4 aromatic carbocycles. The monoisotopic (exact) mass is 528 g/mol. The van der Waals surface area contributed by atoms with Crippen LogP contribution >= 0.6 is 0 Å². The van der Waals surface area contributed by atoms with Crippen LogP contribution in [0, 0.1) is 0 Å². The smallest absolute Gasteiger partial charge is 0.397 e.